The average Bonchev–Trinajstić information content (AvgIpc) is 2.83. The van der Waals surface area contributed by atoms with Crippen LogP contribution in [0.15, 0.2) is 0 Å². The maximum absolute atomic E-state index is 12.6. The summed E-state index contributed by atoms with van der Waals surface area (Å²) in [7, 11) is 1.19. The van der Waals surface area contributed by atoms with E-state index in [1.54, 1.807) is 6.92 Å². The van der Waals surface area contributed by atoms with Crippen LogP contribution in [0.3, 0.4) is 0 Å². The fourth-order valence-electron chi connectivity index (χ4n) is 3.33. The van der Waals surface area contributed by atoms with Gasteiger partial charge in [-0.15, -0.1) is 0 Å². The first-order valence-electron chi connectivity index (χ1n) is 11.5. The largest absolute Gasteiger partial charge is 0.464 e. The third kappa shape index (κ3) is 10.3. The van der Waals surface area contributed by atoms with Crippen molar-refractivity contribution in [3.05, 3.63) is 0 Å². The van der Waals surface area contributed by atoms with Crippen LogP contribution in [0.2, 0.25) is 0 Å². The summed E-state index contributed by atoms with van der Waals surface area (Å²) >= 11 is 0. The number of ether oxygens (including phenoxy) is 6. The predicted octanol–water partition coefficient (Wildman–Crippen LogP) is -2.55. The second-order valence-electron chi connectivity index (χ2n) is 7.95. The summed E-state index contributed by atoms with van der Waals surface area (Å²) in [6.07, 6.45) is -5.31. The molecule has 214 valence electrons. The molecule has 1 aliphatic rings. The number of nitrogens with one attached hydrogen (secondary N) is 3. The van der Waals surface area contributed by atoms with E-state index < -0.39 is 91.4 Å². The Labute approximate surface area is 218 Å². The molecule has 0 aliphatic carbocycles. The molecule has 1 saturated heterocycles. The third-order valence-corrected chi connectivity index (χ3v) is 4.86. The van der Waals surface area contributed by atoms with E-state index in [0.717, 1.165) is 20.8 Å². The van der Waals surface area contributed by atoms with E-state index in [0.29, 0.717) is 0 Å². The number of carbonyl (C=O) groups is 7. The van der Waals surface area contributed by atoms with Gasteiger partial charge in [-0.05, 0) is 13.8 Å². The van der Waals surface area contributed by atoms with Crippen LogP contribution in [0.25, 0.3) is 0 Å². The predicted molar refractivity (Wildman–Crippen MR) is 123 cm³/mol. The topological polar surface area (TPSA) is 211 Å². The lowest BCUT2D eigenvalue weighted by Crippen LogP contribution is -2.67. The molecule has 1 aliphatic heterocycles. The van der Waals surface area contributed by atoms with Crippen LogP contribution < -0.4 is 16.0 Å². The highest BCUT2D eigenvalue weighted by Gasteiger charge is 2.51. The lowest BCUT2D eigenvalue weighted by Gasteiger charge is -2.44. The van der Waals surface area contributed by atoms with Gasteiger partial charge in [0.1, 0.15) is 24.8 Å². The highest BCUT2D eigenvalue weighted by Crippen LogP contribution is 2.27. The lowest BCUT2D eigenvalue weighted by atomic mass is 9.96. The highest BCUT2D eigenvalue weighted by molar-refractivity contribution is 6.35. The van der Waals surface area contributed by atoms with Crippen LogP contribution >= 0.6 is 0 Å². The number of rotatable bonds is 11. The minimum Gasteiger partial charge on any atom is -0.464 e. The van der Waals surface area contributed by atoms with Gasteiger partial charge < -0.3 is 44.4 Å². The van der Waals surface area contributed by atoms with Gasteiger partial charge in [-0.1, -0.05) is 0 Å². The van der Waals surface area contributed by atoms with Crippen LogP contribution in [-0.4, -0.2) is 105 Å². The van der Waals surface area contributed by atoms with Gasteiger partial charge >= 0.3 is 35.7 Å². The molecule has 1 fully saturated rings. The maximum Gasteiger partial charge on any atom is 0.328 e. The fourth-order valence-corrected chi connectivity index (χ4v) is 3.33. The molecule has 0 spiro atoms. The normalized spacial score (nSPS) is 23.2. The summed E-state index contributed by atoms with van der Waals surface area (Å²) in [4.78, 5) is 83.4. The van der Waals surface area contributed by atoms with E-state index in [2.05, 4.69) is 16.0 Å². The molecule has 0 bridgehead atoms. The lowest BCUT2D eigenvalue weighted by molar-refractivity contribution is -0.271. The third-order valence-electron chi connectivity index (χ3n) is 4.86. The number of hydrogen-bond acceptors (Lipinski definition) is 13. The molecule has 0 aromatic rings. The highest BCUT2D eigenvalue weighted by atomic mass is 16.7. The first kappa shape index (κ1) is 32.2. The Morgan fingerprint density at radius 3 is 2.00 bits per heavy atom. The van der Waals surface area contributed by atoms with Gasteiger partial charge in [0.2, 0.25) is 5.91 Å². The first-order valence-corrected chi connectivity index (χ1v) is 11.5. The summed E-state index contributed by atoms with van der Waals surface area (Å²) < 4.78 is 31.1. The Kier molecular flexibility index (Phi) is 13.1. The SMILES string of the molecule is CCOC(=O)C(C)NC(=O)CNC(=O)C(=O)N[C@H]1[C@@H](OC)O[C@H](COC(C)=O)[C@@H](OC(C)=O)[C@@H]1OC(C)=O. The van der Waals surface area contributed by atoms with Gasteiger partial charge in [-0.2, -0.15) is 0 Å². The van der Waals surface area contributed by atoms with Crippen molar-refractivity contribution in [1.82, 2.24) is 16.0 Å². The van der Waals surface area contributed by atoms with Crippen LogP contribution in [0.5, 0.6) is 0 Å². The van der Waals surface area contributed by atoms with E-state index in [1.807, 2.05) is 0 Å². The second kappa shape index (κ2) is 15.5. The van der Waals surface area contributed by atoms with Gasteiger partial charge in [0.25, 0.3) is 0 Å². The minimum atomic E-state index is -1.43. The molecule has 0 saturated carbocycles. The Morgan fingerprint density at radius 1 is 0.868 bits per heavy atom. The van der Waals surface area contributed by atoms with Crippen molar-refractivity contribution in [2.75, 3.05) is 26.9 Å². The molecule has 3 N–H and O–H groups in total. The zero-order valence-electron chi connectivity index (χ0n) is 21.9. The van der Waals surface area contributed by atoms with E-state index in [1.165, 1.54) is 14.0 Å². The van der Waals surface area contributed by atoms with Gasteiger partial charge in [0.15, 0.2) is 18.5 Å². The van der Waals surface area contributed by atoms with Crippen molar-refractivity contribution in [1.29, 1.82) is 0 Å². The molecule has 0 aromatic heterocycles. The standard InChI is InChI=1S/C22H33N3O13/c1-7-34-21(32)10(2)24-15(29)8-23-19(30)20(31)25-16-18(37-13(5)28)17(36-12(4)27)14(9-35-11(3)26)38-22(16)33-6/h10,14,16-18,22H,7-9H2,1-6H3,(H,23,30)(H,24,29)(H,25,31)/t10?,14-,16-,17-,18-,22+/m1/s1. The summed E-state index contributed by atoms with van der Waals surface area (Å²) in [5.74, 6) is -6.28. The molecule has 38 heavy (non-hydrogen) atoms. The smallest absolute Gasteiger partial charge is 0.328 e. The molecular weight excluding hydrogens is 514 g/mol. The van der Waals surface area contributed by atoms with E-state index in [9.17, 15) is 33.6 Å². The number of methoxy groups -OCH3 is 1. The minimum absolute atomic E-state index is 0.112. The molecule has 16 nitrogen and oxygen atoms in total. The maximum atomic E-state index is 12.6. The molecule has 6 atom stereocenters. The molecule has 0 aromatic carbocycles. The Balaban J connectivity index is 3.00. The number of hydrogen-bond donors (Lipinski definition) is 3. The number of esters is 4. The summed E-state index contributed by atoms with van der Waals surface area (Å²) in [5.41, 5.74) is 0. The van der Waals surface area contributed by atoms with Crippen molar-refractivity contribution in [2.45, 2.75) is 71.3 Å². The summed E-state index contributed by atoms with van der Waals surface area (Å²) in [5, 5.41) is 6.65. The van der Waals surface area contributed by atoms with E-state index in [4.69, 9.17) is 28.4 Å². The molecule has 1 unspecified atom stereocenters. The van der Waals surface area contributed by atoms with Gasteiger partial charge in [-0.25, -0.2) is 4.79 Å². The zero-order valence-corrected chi connectivity index (χ0v) is 21.9. The second-order valence-corrected chi connectivity index (χ2v) is 7.95. The van der Waals surface area contributed by atoms with Crippen LogP contribution in [0.4, 0.5) is 0 Å². The Bertz CT molecular complexity index is 909. The monoisotopic (exact) mass is 547 g/mol. The Hall–Kier alpha value is -3.79. The van der Waals surface area contributed by atoms with Gasteiger partial charge in [-0.3, -0.25) is 28.8 Å². The Morgan fingerprint density at radius 2 is 1.47 bits per heavy atom. The fraction of sp³-hybridized carbons (Fsp3) is 0.682. The van der Waals surface area contributed by atoms with Crippen molar-refractivity contribution in [3.8, 4) is 0 Å². The molecule has 3 amide bonds. The molecule has 1 rings (SSSR count). The van der Waals surface area contributed by atoms with Crippen LogP contribution in [0, 0.1) is 0 Å². The van der Waals surface area contributed by atoms with Crippen molar-refractivity contribution >= 4 is 41.6 Å². The zero-order chi connectivity index (χ0) is 29.0. The molecule has 1 heterocycles. The average molecular weight is 548 g/mol. The van der Waals surface area contributed by atoms with Crippen LogP contribution in [-0.2, 0) is 62.0 Å². The van der Waals surface area contributed by atoms with Crippen molar-refractivity contribution in [3.63, 3.8) is 0 Å². The number of carbonyl (C=O) groups excluding carboxylic acids is 7. The summed E-state index contributed by atoms with van der Waals surface area (Å²) in [6, 6.07) is -2.37. The van der Waals surface area contributed by atoms with E-state index in [-0.39, 0.29) is 6.61 Å². The molecular formula is C22H33N3O13. The van der Waals surface area contributed by atoms with Gasteiger partial charge in [0, 0.05) is 27.9 Å². The molecule has 16 heteroatoms. The number of amides is 3. The van der Waals surface area contributed by atoms with E-state index >= 15 is 0 Å². The van der Waals surface area contributed by atoms with Crippen LogP contribution in [0.1, 0.15) is 34.6 Å². The van der Waals surface area contributed by atoms with Gasteiger partial charge in [0.05, 0.1) is 13.2 Å². The summed E-state index contributed by atoms with van der Waals surface area (Å²) in [6.45, 7) is 5.29. The van der Waals surface area contributed by atoms with Crippen molar-refractivity contribution in [2.24, 2.45) is 0 Å². The van der Waals surface area contributed by atoms with Crippen molar-refractivity contribution < 1.29 is 62.0 Å². The quantitative estimate of drug-likeness (QED) is 0.138. The molecule has 0 radical (unpaired) electrons. The first-order chi connectivity index (χ1) is 17.8.